The van der Waals surface area contributed by atoms with Crippen molar-refractivity contribution in [2.45, 2.75) is 37.0 Å². The molecule has 0 spiro atoms. The topological polar surface area (TPSA) is 86.8 Å². The molecule has 0 aliphatic rings. The van der Waals surface area contributed by atoms with Gasteiger partial charge in [-0.1, -0.05) is 77.8 Å². The predicted octanol–water partition coefficient (Wildman–Crippen LogP) is 6.39. The Morgan fingerprint density at radius 1 is 0.913 bits per heavy atom. The highest BCUT2D eigenvalue weighted by Crippen LogP contribution is 2.38. The van der Waals surface area contributed by atoms with Crippen molar-refractivity contribution in [2.24, 2.45) is 0 Å². The number of nitrogens with zero attached hydrogens (tertiary/aromatic N) is 2. The minimum absolute atomic E-state index is 0.0232. The Labute approximate surface area is 269 Å². The van der Waals surface area contributed by atoms with Crippen LogP contribution in [0.1, 0.15) is 22.3 Å². The normalized spacial score (nSPS) is 12.3. The zero-order valence-electron chi connectivity index (χ0n) is 24.8. The molecule has 0 saturated heterocycles. The Kier molecular flexibility index (Phi) is 10.7. The number of hydrogen-bond acceptors (Lipinski definition) is 4. The molecule has 7 nitrogen and oxygen atoms in total. The number of aryl methyl sites for hydroxylation is 1. The summed E-state index contributed by atoms with van der Waals surface area (Å²) in [6.07, 6.45) is -4.96. The van der Waals surface area contributed by atoms with Gasteiger partial charge in [-0.15, -0.1) is 0 Å². The van der Waals surface area contributed by atoms with E-state index in [0.29, 0.717) is 15.9 Å². The summed E-state index contributed by atoms with van der Waals surface area (Å²) in [5, 5.41) is 1.83. The summed E-state index contributed by atoms with van der Waals surface area (Å²) in [6, 6.07) is 21.0. The second-order valence-electron chi connectivity index (χ2n) is 10.4. The highest BCUT2D eigenvalue weighted by molar-refractivity contribution is 7.92. The number of sulfonamides is 1. The summed E-state index contributed by atoms with van der Waals surface area (Å²) >= 11 is 5.82. The van der Waals surface area contributed by atoms with Crippen molar-refractivity contribution in [1.82, 2.24) is 10.2 Å². The van der Waals surface area contributed by atoms with Crippen molar-refractivity contribution in [3.05, 3.63) is 130 Å². The summed E-state index contributed by atoms with van der Waals surface area (Å²) in [5.74, 6) is -2.26. The molecule has 0 aromatic heterocycles. The first-order valence-corrected chi connectivity index (χ1v) is 15.8. The maximum absolute atomic E-state index is 14.9. The van der Waals surface area contributed by atoms with Crippen molar-refractivity contribution in [1.29, 1.82) is 0 Å². The van der Waals surface area contributed by atoms with E-state index in [1.807, 2.05) is 0 Å². The number of nitrogens with one attached hydrogen (secondary N) is 1. The van der Waals surface area contributed by atoms with E-state index in [4.69, 9.17) is 11.6 Å². The fourth-order valence-electron chi connectivity index (χ4n) is 4.78. The molecule has 0 fully saturated rings. The summed E-state index contributed by atoms with van der Waals surface area (Å²) in [7, 11) is -3.31. The molecule has 46 heavy (non-hydrogen) atoms. The van der Waals surface area contributed by atoms with Gasteiger partial charge in [0, 0.05) is 25.6 Å². The minimum atomic E-state index is -4.94. The van der Waals surface area contributed by atoms with E-state index in [1.165, 1.54) is 55.6 Å². The SMILES string of the molecule is CNC(=O)[C@H](Cc1ccccc1)N(Cc1ccccc1F)C(=O)CN(c1ccc(Cl)c(C(F)(F)F)c1)S(=O)(=O)c1ccc(C)cc1. The van der Waals surface area contributed by atoms with Crippen LogP contribution in [0.15, 0.2) is 102 Å². The quantitative estimate of drug-likeness (QED) is 0.187. The minimum Gasteiger partial charge on any atom is -0.357 e. The summed E-state index contributed by atoms with van der Waals surface area (Å²) in [4.78, 5) is 28.3. The van der Waals surface area contributed by atoms with E-state index in [9.17, 15) is 35.6 Å². The lowest BCUT2D eigenvalue weighted by molar-refractivity contribution is -0.139. The Bertz CT molecular complexity index is 1800. The van der Waals surface area contributed by atoms with Gasteiger partial charge in [-0.3, -0.25) is 13.9 Å². The molecule has 1 N–H and O–H groups in total. The van der Waals surface area contributed by atoms with Gasteiger partial charge in [0.1, 0.15) is 18.4 Å². The Morgan fingerprint density at radius 3 is 2.15 bits per heavy atom. The highest BCUT2D eigenvalue weighted by atomic mass is 35.5. The fourth-order valence-corrected chi connectivity index (χ4v) is 6.41. The molecule has 0 aliphatic heterocycles. The second kappa shape index (κ2) is 14.3. The van der Waals surface area contributed by atoms with Gasteiger partial charge in [-0.25, -0.2) is 12.8 Å². The van der Waals surface area contributed by atoms with Gasteiger partial charge in [-0.2, -0.15) is 13.2 Å². The molecule has 242 valence electrons. The number of likely N-dealkylation sites (N-methyl/N-ethyl adjacent to an activating group) is 1. The van der Waals surface area contributed by atoms with Crippen LogP contribution < -0.4 is 9.62 Å². The van der Waals surface area contributed by atoms with Crippen molar-refractivity contribution in [3.63, 3.8) is 0 Å². The van der Waals surface area contributed by atoms with Gasteiger partial charge < -0.3 is 10.2 Å². The van der Waals surface area contributed by atoms with E-state index < -0.39 is 69.2 Å². The van der Waals surface area contributed by atoms with Gasteiger partial charge in [0.15, 0.2) is 0 Å². The third-order valence-corrected chi connectivity index (χ3v) is 9.36. The summed E-state index contributed by atoms with van der Waals surface area (Å²) in [5.41, 5.74) is -0.386. The number of carbonyl (C=O) groups excluding carboxylic acids is 2. The summed E-state index contributed by atoms with van der Waals surface area (Å²) < 4.78 is 85.0. The number of alkyl halides is 3. The van der Waals surface area contributed by atoms with Crippen LogP contribution in [0.2, 0.25) is 5.02 Å². The largest absolute Gasteiger partial charge is 0.417 e. The second-order valence-corrected chi connectivity index (χ2v) is 12.7. The number of anilines is 1. The molecular formula is C33H30ClF4N3O4S. The number of halogens is 5. The average Bonchev–Trinajstić information content (AvgIpc) is 3.02. The monoisotopic (exact) mass is 675 g/mol. The van der Waals surface area contributed by atoms with E-state index in [0.717, 1.165) is 22.6 Å². The van der Waals surface area contributed by atoms with Crippen molar-refractivity contribution < 1.29 is 35.6 Å². The van der Waals surface area contributed by atoms with Gasteiger partial charge in [-0.05, 0) is 48.9 Å². The van der Waals surface area contributed by atoms with Crippen LogP contribution in [0, 0.1) is 12.7 Å². The Balaban J connectivity index is 1.86. The zero-order chi connectivity index (χ0) is 33.6. The molecule has 4 aromatic carbocycles. The van der Waals surface area contributed by atoms with Crippen molar-refractivity contribution in [3.8, 4) is 0 Å². The van der Waals surface area contributed by atoms with Gasteiger partial charge in [0.2, 0.25) is 11.8 Å². The number of hydrogen-bond donors (Lipinski definition) is 1. The van der Waals surface area contributed by atoms with E-state index >= 15 is 0 Å². The van der Waals surface area contributed by atoms with Gasteiger partial charge >= 0.3 is 6.18 Å². The molecule has 4 rings (SSSR count). The predicted molar refractivity (Wildman–Crippen MR) is 167 cm³/mol. The zero-order valence-corrected chi connectivity index (χ0v) is 26.3. The first-order valence-electron chi connectivity index (χ1n) is 14.0. The molecule has 0 heterocycles. The molecule has 0 unspecified atom stereocenters. The lowest BCUT2D eigenvalue weighted by Gasteiger charge is -2.33. The summed E-state index contributed by atoms with van der Waals surface area (Å²) in [6.45, 7) is 0.258. The molecule has 0 saturated carbocycles. The maximum Gasteiger partial charge on any atom is 0.417 e. The van der Waals surface area contributed by atoms with Crippen LogP contribution in [0.25, 0.3) is 0 Å². The molecule has 13 heteroatoms. The average molecular weight is 676 g/mol. The van der Waals surface area contributed by atoms with Crippen LogP contribution in [0.3, 0.4) is 0 Å². The van der Waals surface area contributed by atoms with Crippen LogP contribution in [-0.2, 0) is 38.8 Å². The Morgan fingerprint density at radius 2 is 1.54 bits per heavy atom. The molecular weight excluding hydrogens is 646 g/mol. The van der Waals surface area contributed by atoms with E-state index in [1.54, 1.807) is 37.3 Å². The number of rotatable bonds is 11. The molecule has 0 aliphatic carbocycles. The molecule has 4 aromatic rings. The first-order chi connectivity index (χ1) is 21.7. The van der Waals surface area contributed by atoms with Crippen molar-refractivity contribution >= 4 is 39.1 Å². The lowest BCUT2D eigenvalue weighted by Crippen LogP contribution is -2.53. The smallest absolute Gasteiger partial charge is 0.357 e. The number of carbonyl (C=O) groups is 2. The van der Waals surface area contributed by atoms with Crippen molar-refractivity contribution in [2.75, 3.05) is 17.9 Å². The third-order valence-electron chi connectivity index (χ3n) is 7.25. The van der Waals surface area contributed by atoms with Crippen LogP contribution >= 0.6 is 11.6 Å². The standard InChI is InChI=1S/C33H30ClF4N3O4S/c1-22-12-15-26(16-13-22)46(44,45)41(25-14-17-28(34)27(19-25)33(36,37)38)21-31(42)40(20-24-10-6-7-11-29(24)35)30(32(43)39-2)18-23-8-4-3-5-9-23/h3-17,19,30H,18,20-21H2,1-2H3,(H,39,43)/t30-/m0/s1. The molecule has 0 bridgehead atoms. The fraction of sp³-hybridized carbons (Fsp3) is 0.212. The van der Waals surface area contributed by atoms with Crippen LogP contribution in [0.4, 0.5) is 23.2 Å². The first kappa shape index (κ1) is 34.5. The third kappa shape index (κ3) is 8.04. The number of benzene rings is 4. The Hall–Kier alpha value is -4.42. The van der Waals surface area contributed by atoms with E-state index in [-0.39, 0.29) is 16.9 Å². The van der Waals surface area contributed by atoms with Gasteiger partial charge in [0.25, 0.3) is 10.0 Å². The number of amides is 2. The van der Waals surface area contributed by atoms with Crippen LogP contribution in [-0.4, -0.2) is 44.8 Å². The van der Waals surface area contributed by atoms with Crippen LogP contribution in [0.5, 0.6) is 0 Å². The maximum atomic E-state index is 14.9. The van der Waals surface area contributed by atoms with E-state index in [2.05, 4.69) is 5.32 Å². The molecule has 2 amide bonds. The highest BCUT2D eigenvalue weighted by Gasteiger charge is 2.37. The lowest BCUT2D eigenvalue weighted by atomic mass is 10.0. The molecule has 1 atom stereocenters. The van der Waals surface area contributed by atoms with Gasteiger partial charge in [0.05, 0.1) is 21.2 Å². The molecule has 0 radical (unpaired) electrons.